The summed E-state index contributed by atoms with van der Waals surface area (Å²) in [4.78, 5) is 11.1. The van der Waals surface area contributed by atoms with Crippen LogP contribution in [-0.2, 0) is 0 Å². The van der Waals surface area contributed by atoms with Crippen molar-refractivity contribution in [2.75, 3.05) is 23.4 Å². The molecule has 17 heavy (non-hydrogen) atoms. The molecule has 0 aliphatic carbocycles. The van der Waals surface area contributed by atoms with Gasteiger partial charge in [-0.1, -0.05) is 13.8 Å². The molecule has 1 rings (SSSR count). The second-order valence-corrected chi connectivity index (χ2v) is 4.64. The minimum Gasteiger partial charge on any atom is -0.356 e. The first kappa shape index (κ1) is 13.7. The number of hydrogen-bond acceptors (Lipinski definition) is 5. The molecule has 5 nitrogen and oxygen atoms in total. The lowest BCUT2D eigenvalue weighted by Crippen LogP contribution is -2.29. The number of nitrogens with two attached hydrogens (primary N) is 1. The maximum absolute atomic E-state index is 5.47. The lowest BCUT2D eigenvalue weighted by atomic mass is 10.2. The molecule has 1 aromatic heterocycles. The normalized spacial score (nSPS) is 10.8. The highest BCUT2D eigenvalue weighted by Gasteiger charge is 2.14. The maximum Gasteiger partial charge on any atom is 0.148 e. The van der Waals surface area contributed by atoms with Gasteiger partial charge in [-0.3, -0.25) is 0 Å². The van der Waals surface area contributed by atoms with Gasteiger partial charge < -0.3 is 10.3 Å². The molecule has 0 saturated carbocycles. The van der Waals surface area contributed by atoms with E-state index in [1.54, 1.807) is 0 Å². The Labute approximate surface area is 103 Å². The second kappa shape index (κ2) is 5.82. The molecule has 0 aliphatic heterocycles. The largest absolute Gasteiger partial charge is 0.356 e. The van der Waals surface area contributed by atoms with E-state index in [1.807, 2.05) is 13.8 Å². The molecule has 0 atom stereocenters. The lowest BCUT2D eigenvalue weighted by molar-refractivity contribution is 0.612. The molecule has 0 aromatic carbocycles. The molecular weight excluding hydrogens is 214 g/mol. The van der Waals surface area contributed by atoms with E-state index in [0.717, 1.165) is 30.3 Å². The Balaban J connectivity index is 3.13. The summed E-state index contributed by atoms with van der Waals surface area (Å²) in [6, 6.07) is 0. The van der Waals surface area contributed by atoms with Crippen molar-refractivity contribution in [2.24, 2.45) is 11.8 Å². The van der Waals surface area contributed by atoms with Crippen LogP contribution in [-0.4, -0.2) is 23.1 Å². The zero-order valence-corrected chi connectivity index (χ0v) is 11.4. The fourth-order valence-electron chi connectivity index (χ4n) is 1.87. The average Bonchev–Trinajstić information content (AvgIpc) is 2.28. The fraction of sp³-hybridized carbons (Fsp3) is 0.667. The van der Waals surface area contributed by atoms with Gasteiger partial charge in [0.25, 0.3) is 0 Å². The second-order valence-electron chi connectivity index (χ2n) is 4.64. The summed E-state index contributed by atoms with van der Waals surface area (Å²) in [7, 11) is 0. The van der Waals surface area contributed by atoms with E-state index in [9.17, 15) is 0 Å². The zero-order valence-electron chi connectivity index (χ0n) is 11.4. The standard InChI is InChI=1S/C12H23N5/c1-6-17(7-8(2)3)12-9(4)11(16-13)14-10(5)15-12/h8H,6-7,13H2,1-5H3,(H,14,15,16). The number of nitrogen functional groups attached to an aromatic ring is 1. The van der Waals surface area contributed by atoms with Crippen molar-refractivity contribution in [3.63, 3.8) is 0 Å². The third-order valence-electron chi connectivity index (χ3n) is 2.64. The summed E-state index contributed by atoms with van der Waals surface area (Å²) < 4.78 is 0. The summed E-state index contributed by atoms with van der Waals surface area (Å²) in [5.74, 6) is 8.48. The molecule has 0 spiro atoms. The van der Waals surface area contributed by atoms with E-state index in [4.69, 9.17) is 5.84 Å². The Kier molecular flexibility index (Phi) is 4.69. The summed E-state index contributed by atoms with van der Waals surface area (Å²) in [5.41, 5.74) is 3.63. The minimum absolute atomic E-state index is 0.596. The third kappa shape index (κ3) is 3.30. The molecule has 0 amide bonds. The number of hydrogen-bond donors (Lipinski definition) is 2. The van der Waals surface area contributed by atoms with Gasteiger partial charge in [0.1, 0.15) is 17.5 Å². The molecule has 0 radical (unpaired) electrons. The number of rotatable bonds is 5. The first-order valence-electron chi connectivity index (χ1n) is 6.06. The third-order valence-corrected chi connectivity index (χ3v) is 2.64. The van der Waals surface area contributed by atoms with Crippen LogP contribution in [0.3, 0.4) is 0 Å². The number of hydrazine groups is 1. The van der Waals surface area contributed by atoms with Crippen molar-refractivity contribution < 1.29 is 0 Å². The Morgan fingerprint density at radius 2 is 1.94 bits per heavy atom. The quantitative estimate of drug-likeness (QED) is 0.604. The van der Waals surface area contributed by atoms with Crippen LogP contribution in [0.5, 0.6) is 0 Å². The van der Waals surface area contributed by atoms with Gasteiger partial charge in [-0.2, -0.15) is 0 Å². The van der Waals surface area contributed by atoms with Gasteiger partial charge in [0.15, 0.2) is 0 Å². The number of aromatic nitrogens is 2. The summed E-state index contributed by atoms with van der Waals surface area (Å²) in [6.07, 6.45) is 0. The van der Waals surface area contributed by atoms with Crippen molar-refractivity contribution >= 4 is 11.6 Å². The SMILES string of the molecule is CCN(CC(C)C)c1nc(C)nc(NN)c1C. The number of nitrogens with one attached hydrogen (secondary N) is 1. The number of aryl methyl sites for hydroxylation is 1. The molecule has 0 fully saturated rings. The first-order chi connectivity index (χ1) is 7.99. The minimum atomic E-state index is 0.596. The zero-order chi connectivity index (χ0) is 13.0. The number of anilines is 2. The fourth-order valence-corrected chi connectivity index (χ4v) is 1.87. The van der Waals surface area contributed by atoms with E-state index in [0.29, 0.717) is 11.7 Å². The summed E-state index contributed by atoms with van der Waals surface area (Å²) >= 11 is 0. The van der Waals surface area contributed by atoms with E-state index in [2.05, 4.69) is 41.1 Å². The Morgan fingerprint density at radius 1 is 1.29 bits per heavy atom. The van der Waals surface area contributed by atoms with Crippen molar-refractivity contribution in [3.05, 3.63) is 11.4 Å². The number of nitrogens with zero attached hydrogens (tertiary/aromatic N) is 3. The van der Waals surface area contributed by atoms with Crippen LogP contribution in [0.1, 0.15) is 32.2 Å². The molecule has 0 bridgehead atoms. The van der Waals surface area contributed by atoms with Crippen LogP contribution < -0.4 is 16.2 Å². The van der Waals surface area contributed by atoms with Crippen molar-refractivity contribution in [1.82, 2.24) is 9.97 Å². The first-order valence-corrected chi connectivity index (χ1v) is 6.06. The van der Waals surface area contributed by atoms with E-state index >= 15 is 0 Å². The monoisotopic (exact) mass is 237 g/mol. The molecular formula is C12H23N5. The van der Waals surface area contributed by atoms with Gasteiger partial charge in [-0.15, -0.1) is 0 Å². The highest BCUT2D eigenvalue weighted by Crippen LogP contribution is 2.23. The Morgan fingerprint density at radius 3 is 2.41 bits per heavy atom. The Bertz CT molecular complexity index is 375. The molecule has 96 valence electrons. The van der Waals surface area contributed by atoms with E-state index in [-0.39, 0.29) is 0 Å². The highest BCUT2D eigenvalue weighted by atomic mass is 15.3. The van der Waals surface area contributed by atoms with Gasteiger partial charge in [0.2, 0.25) is 0 Å². The van der Waals surface area contributed by atoms with Gasteiger partial charge in [0, 0.05) is 18.7 Å². The molecule has 1 aromatic rings. The van der Waals surface area contributed by atoms with Crippen molar-refractivity contribution in [3.8, 4) is 0 Å². The van der Waals surface area contributed by atoms with E-state index in [1.165, 1.54) is 0 Å². The maximum atomic E-state index is 5.47. The van der Waals surface area contributed by atoms with Gasteiger partial charge in [-0.25, -0.2) is 15.8 Å². The molecule has 3 N–H and O–H groups in total. The molecule has 0 unspecified atom stereocenters. The highest BCUT2D eigenvalue weighted by molar-refractivity contribution is 5.58. The van der Waals surface area contributed by atoms with Crippen LogP contribution in [0.15, 0.2) is 0 Å². The lowest BCUT2D eigenvalue weighted by Gasteiger charge is -2.26. The molecule has 1 heterocycles. The van der Waals surface area contributed by atoms with Gasteiger partial charge >= 0.3 is 0 Å². The van der Waals surface area contributed by atoms with Crippen LogP contribution >= 0.6 is 0 Å². The Hall–Kier alpha value is -1.36. The van der Waals surface area contributed by atoms with Crippen LogP contribution in [0.25, 0.3) is 0 Å². The van der Waals surface area contributed by atoms with Crippen LogP contribution in [0, 0.1) is 19.8 Å². The summed E-state index contributed by atoms with van der Waals surface area (Å²) in [5, 5.41) is 0. The van der Waals surface area contributed by atoms with Crippen molar-refractivity contribution in [1.29, 1.82) is 0 Å². The predicted octanol–water partition coefficient (Wildman–Crippen LogP) is 1.86. The van der Waals surface area contributed by atoms with Crippen LogP contribution in [0.2, 0.25) is 0 Å². The molecule has 5 heteroatoms. The summed E-state index contributed by atoms with van der Waals surface area (Å²) in [6.45, 7) is 12.3. The van der Waals surface area contributed by atoms with Crippen molar-refractivity contribution in [2.45, 2.75) is 34.6 Å². The predicted molar refractivity (Wildman–Crippen MR) is 72.0 cm³/mol. The average molecular weight is 237 g/mol. The van der Waals surface area contributed by atoms with Gasteiger partial charge in [0.05, 0.1) is 0 Å². The topological polar surface area (TPSA) is 67.1 Å². The van der Waals surface area contributed by atoms with Crippen LogP contribution in [0.4, 0.5) is 11.6 Å². The smallest absolute Gasteiger partial charge is 0.148 e. The molecule has 0 saturated heterocycles. The van der Waals surface area contributed by atoms with E-state index < -0.39 is 0 Å². The van der Waals surface area contributed by atoms with Gasteiger partial charge in [-0.05, 0) is 26.7 Å². The molecule has 0 aliphatic rings.